The molecule has 0 radical (unpaired) electrons. The van der Waals surface area contributed by atoms with Gasteiger partial charge in [-0.3, -0.25) is 0 Å². The van der Waals surface area contributed by atoms with E-state index in [1.54, 1.807) is 13.0 Å². The molecule has 3 nitrogen and oxygen atoms in total. The van der Waals surface area contributed by atoms with Gasteiger partial charge in [-0.1, -0.05) is 6.07 Å². The van der Waals surface area contributed by atoms with Crippen molar-refractivity contribution >= 4 is 0 Å². The number of aliphatic hydroxyl groups excluding tert-OH is 1. The van der Waals surface area contributed by atoms with E-state index >= 15 is 0 Å². The lowest BCUT2D eigenvalue weighted by Crippen LogP contribution is -2.05. The molecular weight excluding hydrogens is 278 g/mol. The zero-order valence-electron chi connectivity index (χ0n) is 12.0. The normalized spacial score (nSPS) is 12.1. The molecule has 21 heavy (non-hydrogen) atoms. The third-order valence-corrected chi connectivity index (χ3v) is 3.18. The predicted octanol–water partition coefficient (Wildman–Crippen LogP) is 3.37. The van der Waals surface area contributed by atoms with Crippen LogP contribution in [0.2, 0.25) is 0 Å². The highest BCUT2D eigenvalue weighted by atomic mass is 19.1. The van der Waals surface area contributed by atoms with E-state index in [2.05, 4.69) is 0 Å². The number of rotatable bonds is 4. The zero-order chi connectivity index (χ0) is 15.6. The molecule has 1 N–H and O–H groups in total. The van der Waals surface area contributed by atoms with E-state index in [1.807, 2.05) is 0 Å². The molecule has 0 aliphatic heterocycles. The van der Waals surface area contributed by atoms with Crippen LogP contribution in [0.3, 0.4) is 0 Å². The lowest BCUT2D eigenvalue weighted by molar-refractivity contribution is 0.213. The molecule has 1 unspecified atom stereocenters. The maximum absolute atomic E-state index is 14.1. The van der Waals surface area contributed by atoms with Crippen molar-refractivity contribution in [2.45, 2.75) is 13.0 Å². The van der Waals surface area contributed by atoms with Crippen molar-refractivity contribution in [3.05, 3.63) is 58.7 Å². The summed E-state index contributed by atoms with van der Waals surface area (Å²) < 4.78 is 37.6. The summed E-state index contributed by atoms with van der Waals surface area (Å²) in [5.41, 5.74) is 0.918. The Kier molecular flexibility index (Phi) is 4.43. The van der Waals surface area contributed by atoms with Crippen LogP contribution in [-0.2, 0) is 0 Å². The number of hydrogen-bond donors (Lipinski definition) is 1. The fourth-order valence-electron chi connectivity index (χ4n) is 2.18. The minimum Gasteiger partial charge on any atom is -0.493 e. The van der Waals surface area contributed by atoms with Gasteiger partial charge in [0.15, 0.2) is 11.5 Å². The van der Waals surface area contributed by atoms with E-state index in [9.17, 15) is 13.9 Å². The maximum Gasteiger partial charge on any atom is 0.163 e. The van der Waals surface area contributed by atoms with Crippen LogP contribution in [0.4, 0.5) is 8.78 Å². The molecule has 112 valence electrons. The Labute approximate surface area is 121 Å². The average Bonchev–Trinajstić information content (AvgIpc) is 2.45. The number of aliphatic hydroxyl groups is 1. The minimum absolute atomic E-state index is 0.00218. The first kappa shape index (κ1) is 15.3. The van der Waals surface area contributed by atoms with Crippen molar-refractivity contribution in [2.75, 3.05) is 14.2 Å². The molecular formula is C16H16F2O3. The largest absolute Gasteiger partial charge is 0.493 e. The van der Waals surface area contributed by atoms with Crippen molar-refractivity contribution in [1.82, 2.24) is 0 Å². The van der Waals surface area contributed by atoms with Crippen molar-refractivity contribution in [1.29, 1.82) is 0 Å². The number of halogens is 2. The van der Waals surface area contributed by atoms with Gasteiger partial charge in [-0.25, -0.2) is 8.78 Å². The molecule has 0 aliphatic carbocycles. The van der Waals surface area contributed by atoms with Crippen LogP contribution in [0.15, 0.2) is 30.3 Å². The molecule has 0 aromatic heterocycles. The van der Waals surface area contributed by atoms with Gasteiger partial charge in [-0.15, -0.1) is 0 Å². The van der Waals surface area contributed by atoms with Crippen LogP contribution in [0.5, 0.6) is 11.5 Å². The number of methoxy groups -OCH3 is 2. The smallest absolute Gasteiger partial charge is 0.163 e. The van der Waals surface area contributed by atoms with E-state index in [0.717, 1.165) is 6.07 Å². The highest BCUT2D eigenvalue weighted by Gasteiger charge is 2.19. The third kappa shape index (κ3) is 3.13. The van der Waals surface area contributed by atoms with Gasteiger partial charge in [0, 0.05) is 11.6 Å². The number of aryl methyl sites for hydroxylation is 1. The van der Waals surface area contributed by atoms with Gasteiger partial charge < -0.3 is 14.6 Å². The Hall–Kier alpha value is -2.14. The minimum atomic E-state index is -1.29. The van der Waals surface area contributed by atoms with Crippen LogP contribution in [0, 0.1) is 18.6 Å². The molecule has 0 amide bonds. The summed E-state index contributed by atoms with van der Waals surface area (Å²) in [4.78, 5) is 0. The molecule has 5 heteroatoms. The van der Waals surface area contributed by atoms with Crippen molar-refractivity contribution in [3.8, 4) is 11.5 Å². The summed E-state index contributed by atoms with van der Waals surface area (Å²) in [5.74, 6) is -0.616. The SMILES string of the molecule is COc1cc(F)c(C(O)c2cc(C)cc(F)c2)cc1OC. The van der Waals surface area contributed by atoms with E-state index < -0.39 is 17.7 Å². The first-order valence-corrected chi connectivity index (χ1v) is 6.33. The first-order chi connectivity index (χ1) is 9.96. The molecule has 2 aromatic carbocycles. The van der Waals surface area contributed by atoms with Crippen LogP contribution in [0.25, 0.3) is 0 Å². The lowest BCUT2D eigenvalue weighted by Gasteiger charge is -2.16. The second-order valence-electron chi connectivity index (χ2n) is 4.69. The Bertz CT molecular complexity index is 636. The second kappa shape index (κ2) is 6.10. The predicted molar refractivity (Wildman–Crippen MR) is 74.7 cm³/mol. The van der Waals surface area contributed by atoms with Gasteiger partial charge in [0.25, 0.3) is 0 Å². The summed E-state index contributed by atoms with van der Waals surface area (Å²) in [5, 5.41) is 10.3. The van der Waals surface area contributed by atoms with E-state index in [0.29, 0.717) is 11.3 Å². The standard InChI is InChI=1S/C16H16F2O3/c1-9-4-10(6-11(17)5-9)16(19)12-7-14(20-2)15(21-3)8-13(12)18/h4-8,16,19H,1-3H3. The molecule has 2 rings (SSSR count). The molecule has 0 heterocycles. The average molecular weight is 294 g/mol. The zero-order valence-corrected chi connectivity index (χ0v) is 12.0. The van der Waals surface area contributed by atoms with Crippen LogP contribution < -0.4 is 9.47 Å². The van der Waals surface area contributed by atoms with E-state index in [-0.39, 0.29) is 16.9 Å². The van der Waals surface area contributed by atoms with Crippen molar-refractivity contribution in [3.63, 3.8) is 0 Å². The molecule has 0 bridgehead atoms. The molecule has 2 aromatic rings. The molecule has 0 fully saturated rings. The van der Waals surface area contributed by atoms with Crippen LogP contribution in [0.1, 0.15) is 22.8 Å². The van der Waals surface area contributed by atoms with E-state index in [4.69, 9.17) is 9.47 Å². The maximum atomic E-state index is 14.1. The van der Waals surface area contributed by atoms with Gasteiger partial charge in [-0.05, 0) is 36.2 Å². The summed E-state index contributed by atoms with van der Waals surface area (Å²) in [6, 6.07) is 6.58. The van der Waals surface area contributed by atoms with Gasteiger partial charge in [0.2, 0.25) is 0 Å². The quantitative estimate of drug-likeness (QED) is 0.939. The fraction of sp³-hybridized carbons (Fsp3) is 0.250. The van der Waals surface area contributed by atoms with E-state index in [1.165, 1.54) is 32.4 Å². The molecule has 0 saturated carbocycles. The first-order valence-electron chi connectivity index (χ1n) is 6.33. The number of ether oxygens (including phenoxy) is 2. The Balaban J connectivity index is 2.49. The number of benzene rings is 2. The number of hydrogen-bond acceptors (Lipinski definition) is 3. The van der Waals surface area contributed by atoms with Gasteiger partial charge in [0.05, 0.1) is 14.2 Å². The van der Waals surface area contributed by atoms with Gasteiger partial charge in [0.1, 0.15) is 17.7 Å². The Morgan fingerprint density at radius 3 is 2.14 bits per heavy atom. The van der Waals surface area contributed by atoms with Gasteiger partial charge >= 0.3 is 0 Å². The van der Waals surface area contributed by atoms with Gasteiger partial charge in [-0.2, -0.15) is 0 Å². The van der Waals surface area contributed by atoms with Crippen LogP contribution >= 0.6 is 0 Å². The van der Waals surface area contributed by atoms with Crippen molar-refractivity contribution in [2.24, 2.45) is 0 Å². The Morgan fingerprint density at radius 1 is 0.952 bits per heavy atom. The highest BCUT2D eigenvalue weighted by molar-refractivity contribution is 5.46. The fourth-order valence-corrected chi connectivity index (χ4v) is 2.18. The monoisotopic (exact) mass is 294 g/mol. The summed E-state index contributed by atoms with van der Waals surface area (Å²) >= 11 is 0. The molecule has 0 aliphatic rings. The summed E-state index contributed by atoms with van der Waals surface area (Å²) in [7, 11) is 2.81. The lowest BCUT2D eigenvalue weighted by atomic mass is 9.99. The molecule has 0 saturated heterocycles. The Morgan fingerprint density at radius 2 is 1.57 bits per heavy atom. The summed E-state index contributed by atoms with van der Waals surface area (Å²) in [6.07, 6.45) is -1.29. The topological polar surface area (TPSA) is 38.7 Å². The van der Waals surface area contributed by atoms with Crippen molar-refractivity contribution < 1.29 is 23.4 Å². The third-order valence-electron chi connectivity index (χ3n) is 3.18. The summed E-state index contributed by atoms with van der Waals surface area (Å²) in [6.45, 7) is 1.70. The van der Waals surface area contributed by atoms with Crippen LogP contribution in [-0.4, -0.2) is 19.3 Å². The highest BCUT2D eigenvalue weighted by Crippen LogP contribution is 2.34. The molecule has 0 spiro atoms. The second-order valence-corrected chi connectivity index (χ2v) is 4.69. The molecule has 1 atom stereocenters.